The summed E-state index contributed by atoms with van der Waals surface area (Å²) in [6.07, 6.45) is 4.18. The van der Waals surface area contributed by atoms with Gasteiger partial charge in [-0.1, -0.05) is 35.5 Å². The molecule has 3 aromatic rings. The lowest BCUT2D eigenvalue weighted by atomic mass is 10.3. The molecule has 2 aromatic heterocycles. The van der Waals surface area contributed by atoms with Crippen LogP contribution in [0.25, 0.3) is 5.78 Å². The van der Waals surface area contributed by atoms with E-state index in [1.54, 1.807) is 33.9 Å². The molecule has 23 heavy (non-hydrogen) atoms. The number of carbonyl (C=O) groups is 1. The number of carbonyl (C=O) groups excluding carboxylic acids is 1. The van der Waals surface area contributed by atoms with Crippen LogP contribution in [-0.4, -0.2) is 37.3 Å². The number of rotatable bonds is 3. The Morgan fingerprint density at radius 1 is 1.26 bits per heavy atom. The first-order chi connectivity index (χ1) is 11.2. The Balaban J connectivity index is 1.55. The molecule has 1 atom stereocenters. The van der Waals surface area contributed by atoms with Crippen LogP contribution >= 0.6 is 23.4 Å². The van der Waals surface area contributed by atoms with E-state index in [0.717, 1.165) is 12.1 Å². The normalized spacial score (nSPS) is 18.0. The minimum Gasteiger partial charge on any atom is -0.310 e. The maximum absolute atomic E-state index is 12.6. The Kier molecular flexibility index (Phi) is 3.66. The van der Waals surface area contributed by atoms with Crippen molar-refractivity contribution in [1.82, 2.24) is 19.6 Å². The lowest BCUT2D eigenvalue weighted by Gasteiger charge is -2.17. The van der Waals surface area contributed by atoms with E-state index >= 15 is 0 Å². The number of amides is 1. The van der Waals surface area contributed by atoms with Crippen molar-refractivity contribution in [2.45, 2.75) is 16.8 Å². The van der Waals surface area contributed by atoms with Crippen LogP contribution < -0.4 is 4.90 Å². The third-order valence-corrected chi connectivity index (χ3v) is 5.07. The predicted molar refractivity (Wildman–Crippen MR) is 88.8 cm³/mol. The molecule has 1 saturated heterocycles. The maximum atomic E-state index is 12.6. The molecule has 116 valence electrons. The van der Waals surface area contributed by atoms with Gasteiger partial charge in [-0.05, 0) is 24.6 Å². The second-order valence-electron chi connectivity index (χ2n) is 5.10. The second-order valence-corrected chi connectivity index (χ2v) is 6.67. The van der Waals surface area contributed by atoms with Crippen LogP contribution in [-0.2, 0) is 4.79 Å². The number of aromatic nitrogens is 4. The summed E-state index contributed by atoms with van der Waals surface area (Å²) >= 11 is 7.57. The third kappa shape index (κ3) is 2.66. The minimum atomic E-state index is -0.205. The van der Waals surface area contributed by atoms with Crippen LogP contribution in [0.15, 0.2) is 47.9 Å². The predicted octanol–water partition coefficient (Wildman–Crippen LogP) is 2.68. The molecule has 0 spiro atoms. The molecule has 4 rings (SSSR count). The zero-order valence-corrected chi connectivity index (χ0v) is 13.5. The highest BCUT2D eigenvalue weighted by atomic mass is 35.5. The molecule has 8 heteroatoms. The molecule has 3 heterocycles. The topological polar surface area (TPSA) is 63.4 Å². The first-order valence-electron chi connectivity index (χ1n) is 7.12. The summed E-state index contributed by atoms with van der Waals surface area (Å²) in [6, 6.07) is 9.17. The van der Waals surface area contributed by atoms with Gasteiger partial charge in [0, 0.05) is 18.9 Å². The molecule has 1 amide bonds. The number of thioether (sulfide) groups is 1. The van der Waals surface area contributed by atoms with Gasteiger partial charge in [-0.15, -0.1) is 5.10 Å². The number of fused-ring (bicyclic) bond motifs is 1. The number of hydrogen-bond acceptors (Lipinski definition) is 5. The highest BCUT2D eigenvalue weighted by Gasteiger charge is 2.35. The van der Waals surface area contributed by atoms with Crippen LogP contribution in [0.1, 0.15) is 6.42 Å². The van der Waals surface area contributed by atoms with Gasteiger partial charge in [-0.25, -0.2) is 9.50 Å². The second kappa shape index (κ2) is 5.82. The van der Waals surface area contributed by atoms with Crippen molar-refractivity contribution in [1.29, 1.82) is 0 Å². The van der Waals surface area contributed by atoms with Crippen molar-refractivity contribution >= 4 is 40.7 Å². The smallest absolute Gasteiger partial charge is 0.253 e. The van der Waals surface area contributed by atoms with E-state index in [9.17, 15) is 4.79 Å². The van der Waals surface area contributed by atoms with Crippen LogP contribution in [0.5, 0.6) is 0 Å². The Hall–Kier alpha value is -2.12. The SMILES string of the molecule is O=C1[C@H](Sc2nc3ncccn3n2)CCN1c1ccccc1Cl. The number of para-hydroxylation sites is 1. The van der Waals surface area contributed by atoms with Crippen molar-refractivity contribution in [3.63, 3.8) is 0 Å². The van der Waals surface area contributed by atoms with Crippen LogP contribution in [0, 0.1) is 0 Å². The molecule has 0 radical (unpaired) electrons. The number of hydrogen-bond donors (Lipinski definition) is 0. The van der Waals surface area contributed by atoms with Crippen molar-refractivity contribution < 1.29 is 4.79 Å². The molecule has 0 saturated carbocycles. The standard InChI is InChI=1S/C15H12ClN5OS/c16-10-4-1-2-5-11(10)20-9-6-12(13(20)22)23-15-18-14-17-7-3-8-21(14)19-15/h1-5,7-8,12H,6,9H2/t12-/m1/s1. The van der Waals surface area contributed by atoms with Gasteiger partial charge >= 0.3 is 0 Å². The molecule has 0 bridgehead atoms. The largest absolute Gasteiger partial charge is 0.310 e. The summed E-state index contributed by atoms with van der Waals surface area (Å²) in [7, 11) is 0. The van der Waals surface area contributed by atoms with Crippen molar-refractivity contribution in [3.05, 3.63) is 47.7 Å². The van der Waals surface area contributed by atoms with E-state index in [1.807, 2.05) is 18.2 Å². The Bertz CT molecular complexity index is 850. The monoisotopic (exact) mass is 345 g/mol. The number of halogens is 1. The summed E-state index contributed by atoms with van der Waals surface area (Å²) < 4.78 is 1.60. The summed E-state index contributed by atoms with van der Waals surface area (Å²) in [5.74, 6) is 0.568. The van der Waals surface area contributed by atoms with Crippen molar-refractivity contribution in [2.75, 3.05) is 11.4 Å². The molecule has 6 nitrogen and oxygen atoms in total. The summed E-state index contributed by atoms with van der Waals surface area (Å²) in [6.45, 7) is 0.645. The molecule has 0 unspecified atom stereocenters. The number of benzene rings is 1. The van der Waals surface area contributed by atoms with Crippen molar-refractivity contribution in [2.24, 2.45) is 0 Å². The fraction of sp³-hybridized carbons (Fsp3) is 0.200. The van der Waals surface area contributed by atoms with Gasteiger partial charge in [0.05, 0.1) is 16.0 Å². The fourth-order valence-corrected chi connectivity index (χ4v) is 3.78. The van der Waals surface area contributed by atoms with Crippen LogP contribution in [0.4, 0.5) is 5.69 Å². The maximum Gasteiger partial charge on any atom is 0.253 e. The van der Waals surface area contributed by atoms with Crippen molar-refractivity contribution in [3.8, 4) is 0 Å². The van der Waals surface area contributed by atoms with E-state index in [1.165, 1.54) is 11.8 Å². The van der Waals surface area contributed by atoms with Gasteiger partial charge < -0.3 is 4.90 Å². The van der Waals surface area contributed by atoms with Gasteiger partial charge in [0.2, 0.25) is 11.1 Å². The van der Waals surface area contributed by atoms with Gasteiger partial charge in [-0.3, -0.25) is 4.79 Å². The molecule has 1 aliphatic rings. The fourth-order valence-electron chi connectivity index (χ4n) is 2.56. The third-order valence-electron chi connectivity index (χ3n) is 3.64. The average Bonchev–Trinajstić information content (AvgIpc) is 3.12. The van der Waals surface area contributed by atoms with E-state index < -0.39 is 0 Å². The molecule has 1 fully saturated rings. The zero-order valence-electron chi connectivity index (χ0n) is 12.0. The highest BCUT2D eigenvalue weighted by Crippen LogP contribution is 2.34. The molecule has 0 N–H and O–H groups in total. The van der Waals surface area contributed by atoms with E-state index in [-0.39, 0.29) is 11.2 Å². The van der Waals surface area contributed by atoms with Crippen LogP contribution in [0.3, 0.4) is 0 Å². The quantitative estimate of drug-likeness (QED) is 0.730. The zero-order chi connectivity index (χ0) is 15.8. The first-order valence-corrected chi connectivity index (χ1v) is 8.38. The number of nitrogens with zero attached hydrogens (tertiary/aromatic N) is 5. The number of anilines is 1. The molecular weight excluding hydrogens is 334 g/mol. The summed E-state index contributed by atoms with van der Waals surface area (Å²) in [5, 5.41) is 5.27. The molecule has 0 aliphatic carbocycles. The summed E-state index contributed by atoms with van der Waals surface area (Å²) in [4.78, 5) is 22.8. The van der Waals surface area contributed by atoms with Crippen LogP contribution in [0.2, 0.25) is 5.02 Å². The van der Waals surface area contributed by atoms with E-state index in [2.05, 4.69) is 15.1 Å². The lowest BCUT2D eigenvalue weighted by Crippen LogP contribution is -2.28. The molecule has 1 aliphatic heterocycles. The molecular formula is C15H12ClN5OS. The average molecular weight is 346 g/mol. The van der Waals surface area contributed by atoms with E-state index in [4.69, 9.17) is 11.6 Å². The van der Waals surface area contributed by atoms with Gasteiger partial charge in [0.15, 0.2) is 0 Å². The Labute approximate surface area is 141 Å². The Morgan fingerprint density at radius 2 is 2.13 bits per heavy atom. The molecule has 1 aromatic carbocycles. The van der Waals surface area contributed by atoms with Gasteiger partial charge in [0.25, 0.3) is 5.78 Å². The van der Waals surface area contributed by atoms with Gasteiger partial charge in [-0.2, -0.15) is 4.98 Å². The Morgan fingerprint density at radius 3 is 2.96 bits per heavy atom. The lowest BCUT2D eigenvalue weighted by molar-refractivity contribution is -0.116. The van der Waals surface area contributed by atoms with Gasteiger partial charge in [0.1, 0.15) is 0 Å². The minimum absolute atomic E-state index is 0.0370. The van der Waals surface area contributed by atoms with E-state index in [0.29, 0.717) is 22.5 Å². The summed E-state index contributed by atoms with van der Waals surface area (Å²) in [5.41, 5.74) is 0.756. The first kappa shape index (κ1) is 14.5. The highest BCUT2D eigenvalue weighted by molar-refractivity contribution is 8.00.